The lowest BCUT2D eigenvalue weighted by Crippen LogP contribution is -2.68. The zero-order chi connectivity index (χ0) is 24.1. The van der Waals surface area contributed by atoms with Gasteiger partial charge < -0.3 is 24.5 Å². The van der Waals surface area contributed by atoms with Crippen LogP contribution in [0, 0.1) is 23.2 Å². The summed E-state index contributed by atoms with van der Waals surface area (Å²) < 4.78 is 11.9. The molecule has 0 spiro atoms. The molecule has 8 unspecified atom stereocenters. The molecule has 2 aliphatic carbocycles. The molecule has 0 bridgehead atoms. The molecule has 2 fully saturated rings. The molecule has 7 heteroatoms. The topological polar surface area (TPSA) is 113 Å². The van der Waals surface area contributed by atoms with Crippen molar-refractivity contribution in [3.05, 3.63) is 46.6 Å². The maximum Gasteiger partial charge on any atom is 0.345 e. The van der Waals surface area contributed by atoms with E-state index in [9.17, 15) is 20.1 Å². The van der Waals surface area contributed by atoms with E-state index >= 15 is 0 Å². The molecule has 3 aliphatic rings. The molecule has 180 valence electrons. The molecule has 0 amide bonds. The molecule has 2 aromatic heterocycles. The molecule has 5 rings (SSSR count). The van der Waals surface area contributed by atoms with Crippen LogP contribution in [0.2, 0.25) is 0 Å². The molecule has 2 aromatic rings. The minimum Gasteiger partial charge on any atom is -0.484 e. The van der Waals surface area contributed by atoms with Crippen LogP contribution in [0.15, 0.2) is 39.8 Å². The Hall–Kier alpha value is -2.22. The monoisotopic (exact) mass is 457 g/mol. The van der Waals surface area contributed by atoms with Crippen molar-refractivity contribution < 1.29 is 24.5 Å². The normalized spacial score (nSPS) is 39.2. The Kier molecular flexibility index (Phi) is 6.18. The highest BCUT2D eigenvalue weighted by Gasteiger charge is 2.66. The molecule has 2 saturated carbocycles. The second-order valence-electron chi connectivity index (χ2n) is 9.96. The molecule has 8 atom stereocenters. The van der Waals surface area contributed by atoms with Crippen molar-refractivity contribution in [1.29, 1.82) is 0 Å². The first kappa shape index (κ1) is 23.9. The summed E-state index contributed by atoms with van der Waals surface area (Å²) in [6.07, 6.45) is 2.57. The van der Waals surface area contributed by atoms with Gasteiger partial charge in [0.1, 0.15) is 22.7 Å². The summed E-state index contributed by atoms with van der Waals surface area (Å²) >= 11 is 0. The lowest BCUT2D eigenvalue weighted by Gasteiger charge is -2.63. The van der Waals surface area contributed by atoms with Crippen molar-refractivity contribution in [1.82, 2.24) is 4.98 Å². The maximum absolute atomic E-state index is 13.0. The van der Waals surface area contributed by atoms with E-state index in [2.05, 4.69) is 11.9 Å². The fourth-order valence-corrected chi connectivity index (χ4v) is 6.68. The molecule has 0 aromatic carbocycles. The average Bonchev–Trinajstić information content (AvgIpc) is 2.80. The lowest BCUT2D eigenvalue weighted by atomic mass is 9.46. The van der Waals surface area contributed by atoms with E-state index in [1.54, 1.807) is 30.6 Å². The number of ether oxygens (including phenoxy) is 1. The van der Waals surface area contributed by atoms with E-state index in [0.29, 0.717) is 30.6 Å². The van der Waals surface area contributed by atoms with Crippen molar-refractivity contribution in [2.45, 2.75) is 77.8 Å². The predicted octanol–water partition coefficient (Wildman–Crippen LogP) is 3.71. The van der Waals surface area contributed by atoms with E-state index in [0.717, 1.165) is 0 Å². The lowest BCUT2D eigenvalue weighted by molar-refractivity contribution is -0.242. The van der Waals surface area contributed by atoms with Crippen LogP contribution >= 0.6 is 0 Å². The molecular weight excluding hydrogens is 422 g/mol. The van der Waals surface area contributed by atoms with Crippen LogP contribution in [-0.2, 0) is 0 Å². The summed E-state index contributed by atoms with van der Waals surface area (Å²) in [4.78, 5) is 17.0. The summed E-state index contributed by atoms with van der Waals surface area (Å²) in [6.45, 7) is 9.92. The number of aliphatic hydroxyl groups excluding tert-OH is 3. The Labute approximate surface area is 194 Å². The highest BCUT2D eigenvalue weighted by Crippen LogP contribution is 2.64. The van der Waals surface area contributed by atoms with Gasteiger partial charge in [0.05, 0.1) is 18.3 Å². The molecule has 3 heterocycles. The molecule has 0 saturated heterocycles. The van der Waals surface area contributed by atoms with Gasteiger partial charge in [-0.25, -0.2) is 4.79 Å². The van der Waals surface area contributed by atoms with Crippen molar-refractivity contribution in [2.24, 2.45) is 23.2 Å². The van der Waals surface area contributed by atoms with E-state index in [1.165, 1.54) is 0 Å². The van der Waals surface area contributed by atoms with Gasteiger partial charge in [0.2, 0.25) is 0 Å². The number of hydrogen-bond acceptors (Lipinski definition) is 7. The second kappa shape index (κ2) is 8.53. The quantitative estimate of drug-likeness (QED) is 0.598. The highest BCUT2D eigenvalue weighted by atomic mass is 16.5. The first-order valence-corrected chi connectivity index (χ1v) is 12.0. The summed E-state index contributed by atoms with van der Waals surface area (Å²) in [5.74, 6) is 0.0198. The van der Waals surface area contributed by atoms with Crippen LogP contribution in [0.1, 0.15) is 65.5 Å². The first-order chi connectivity index (χ1) is 15.7. The zero-order valence-corrected chi connectivity index (χ0v) is 20.0. The third-order valence-electron chi connectivity index (χ3n) is 8.37. The number of fused-ring (bicyclic) bond motifs is 4. The van der Waals surface area contributed by atoms with Gasteiger partial charge >= 0.3 is 5.63 Å². The minimum absolute atomic E-state index is 0.00540. The molecular formula is C26H35NO6. The highest BCUT2D eigenvalue weighted by molar-refractivity contribution is 5.59. The molecule has 3 N–H and O–H groups in total. The SMILES string of the molecule is CC.CC1C(O)CCC2(C)C1CC(O)C1(C)Oc3cc(-c4cccnc4)oc(=O)c3C(O)C21. The average molecular weight is 458 g/mol. The molecule has 0 radical (unpaired) electrons. The smallest absolute Gasteiger partial charge is 0.345 e. The Balaban J connectivity index is 0.00000126. The van der Waals surface area contributed by atoms with Crippen molar-refractivity contribution in [3.8, 4) is 17.1 Å². The van der Waals surface area contributed by atoms with Gasteiger partial charge in [0, 0.05) is 29.9 Å². The molecule has 33 heavy (non-hydrogen) atoms. The van der Waals surface area contributed by atoms with E-state index in [-0.39, 0.29) is 23.1 Å². The molecule has 1 aliphatic heterocycles. The fraction of sp³-hybridized carbons (Fsp3) is 0.615. The van der Waals surface area contributed by atoms with Crippen molar-refractivity contribution >= 4 is 0 Å². The van der Waals surface area contributed by atoms with Crippen LogP contribution in [0.25, 0.3) is 11.3 Å². The van der Waals surface area contributed by atoms with Crippen LogP contribution in [0.5, 0.6) is 5.75 Å². The number of nitrogens with zero attached hydrogens (tertiary/aromatic N) is 1. The van der Waals surface area contributed by atoms with Gasteiger partial charge in [0.25, 0.3) is 0 Å². The standard InChI is InChI=1S/C24H29NO6.C2H6/c1-12-14-9-18(27)24(3)21(23(14,2)7-6-15(12)26)20(28)19-17(31-24)10-16(30-22(19)29)13-5-4-8-25-11-13;1-2/h4-5,8,10-12,14-15,18,20-21,26-28H,6-7,9H2,1-3H3;1-2H3. The Bertz CT molecular complexity index is 1050. The summed E-state index contributed by atoms with van der Waals surface area (Å²) in [6, 6.07) is 5.12. The van der Waals surface area contributed by atoms with E-state index in [1.807, 2.05) is 27.7 Å². The van der Waals surface area contributed by atoms with Crippen molar-refractivity contribution in [2.75, 3.05) is 0 Å². The van der Waals surface area contributed by atoms with Gasteiger partial charge in [-0.05, 0) is 55.6 Å². The predicted molar refractivity (Wildman–Crippen MR) is 124 cm³/mol. The Morgan fingerprint density at radius 1 is 1.18 bits per heavy atom. The van der Waals surface area contributed by atoms with Crippen LogP contribution < -0.4 is 10.4 Å². The van der Waals surface area contributed by atoms with Crippen LogP contribution in [-0.4, -0.2) is 38.1 Å². The van der Waals surface area contributed by atoms with Gasteiger partial charge in [-0.1, -0.05) is 27.7 Å². The van der Waals surface area contributed by atoms with Gasteiger partial charge in [-0.15, -0.1) is 0 Å². The Morgan fingerprint density at radius 3 is 2.58 bits per heavy atom. The Morgan fingerprint density at radius 2 is 1.91 bits per heavy atom. The fourth-order valence-electron chi connectivity index (χ4n) is 6.68. The summed E-state index contributed by atoms with van der Waals surface area (Å²) in [5, 5.41) is 33.1. The van der Waals surface area contributed by atoms with Crippen molar-refractivity contribution in [3.63, 3.8) is 0 Å². The van der Waals surface area contributed by atoms with Gasteiger partial charge in [-0.3, -0.25) is 4.98 Å². The maximum atomic E-state index is 13.0. The number of aromatic nitrogens is 1. The number of rotatable bonds is 1. The van der Waals surface area contributed by atoms with Crippen LogP contribution in [0.3, 0.4) is 0 Å². The second-order valence-corrected chi connectivity index (χ2v) is 9.96. The van der Waals surface area contributed by atoms with E-state index < -0.39 is 40.9 Å². The largest absolute Gasteiger partial charge is 0.484 e. The zero-order valence-electron chi connectivity index (χ0n) is 20.0. The number of aliphatic hydroxyl groups is 3. The van der Waals surface area contributed by atoms with Crippen LogP contribution in [0.4, 0.5) is 0 Å². The molecule has 7 nitrogen and oxygen atoms in total. The third-order valence-corrected chi connectivity index (χ3v) is 8.37. The summed E-state index contributed by atoms with van der Waals surface area (Å²) in [5.41, 5.74) is -1.39. The number of pyridine rings is 1. The minimum atomic E-state index is -1.14. The number of hydrogen-bond donors (Lipinski definition) is 3. The summed E-state index contributed by atoms with van der Waals surface area (Å²) in [7, 11) is 0. The van der Waals surface area contributed by atoms with Gasteiger partial charge in [0.15, 0.2) is 0 Å². The first-order valence-electron chi connectivity index (χ1n) is 12.0. The van der Waals surface area contributed by atoms with Gasteiger partial charge in [-0.2, -0.15) is 0 Å². The van der Waals surface area contributed by atoms with E-state index in [4.69, 9.17) is 9.15 Å². The third kappa shape index (κ3) is 3.52.